The first-order chi connectivity index (χ1) is 8.02. The van der Waals surface area contributed by atoms with E-state index >= 15 is 0 Å². The van der Waals surface area contributed by atoms with E-state index in [0.717, 1.165) is 39.1 Å². The maximum Gasteiger partial charge on any atom is 0.102 e. The van der Waals surface area contributed by atoms with E-state index in [0.29, 0.717) is 6.04 Å². The molecule has 0 bridgehead atoms. The zero-order valence-corrected chi connectivity index (χ0v) is 11.4. The molecule has 0 radical (unpaired) electrons. The second-order valence-corrected chi connectivity index (χ2v) is 5.24. The van der Waals surface area contributed by atoms with E-state index in [9.17, 15) is 0 Å². The van der Waals surface area contributed by atoms with E-state index in [4.69, 9.17) is 11.0 Å². The van der Waals surface area contributed by atoms with Crippen LogP contribution in [0.1, 0.15) is 33.6 Å². The zero-order chi connectivity index (χ0) is 12.9. The van der Waals surface area contributed by atoms with E-state index in [1.165, 1.54) is 6.42 Å². The maximum absolute atomic E-state index is 8.88. The molecule has 0 aromatic heterocycles. The highest BCUT2D eigenvalue weighted by Gasteiger charge is 2.27. The molecule has 1 heterocycles. The molecule has 4 nitrogen and oxygen atoms in total. The van der Waals surface area contributed by atoms with Crippen LogP contribution in [0.15, 0.2) is 0 Å². The topological polar surface area (TPSA) is 56.3 Å². The van der Waals surface area contributed by atoms with Gasteiger partial charge in [0.2, 0.25) is 0 Å². The number of hydrogen-bond acceptors (Lipinski definition) is 4. The van der Waals surface area contributed by atoms with Crippen molar-refractivity contribution in [2.24, 2.45) is 5.73 Å². The molecule has 0 aromatic rings. The van der Waals surface area contributed by atoms with Crippen LogP contribution in [-0.2, 0) is 0 Å². The van der Waals surface area contributed by atoms with Crippen molar-refractivity contribution >= 4 is 0 Å². The number of nitriles is 1. The SMILES string of the molecule is CCN(CC)C1CCN(CCC(C)(N)C#N)C1. The van der Waals surface area contributed by atoms with Gasteiger partial charge in [-0.3, -0.25) is 4.90 Å². The highest BCUT2D eigenvalue weighted by Crippen LogP contribution is 2.17. The smallest absolute Gasteiger partial charge is 0.102 e. The lowest BCUT2D eigenvalue weighted by atomic mass is 10.0. The van der Waals surface area contributed by atoms with Crippen molar-refractivity contribution in [3.05, 3.63) is 0 Å². The Labute approximate surface area is 105 Å². The number of likely N-dealkylation sites (N-methyl/N-ethyl adjacent to an activating group) is 1. The molecule has 1 fully saturated rings. The van der Waals surface area contributed by atoms with Gasteiger partial charge < -0.3 is 10.6 Å². The molecule has 1 aliphatic rings. The molecule has 0 aromatic carbocycles. The van der Waals surface area contributed by atoms with Crippen LogP contribution in [0.3, 0.4) is 0 Å². The maximum atomic E-state index is 8.88. The van der Waals surface area contributed by atoms with Crippen LogP contribution in [0, 0.1) is 11.3 Å². The highest BCUT2D eigenvalue weighted by atomic mass is 15.2. The summed E-state index contributed by atoms with van der Waals surface area (Å²) in [6.45, 7) is 11.7. The molecule has 0 aliphatic carbocycles. The van der Waals surface area contributed by atoms with Crippen LogP contribution in [0.4, 0.5) is 0 Å². The van der Waals surface area contributed by atoms with Crippen LogP contribution in [0.5, 0.6) is 0 Å². The predicted octanol–water partition coefficient (Wildman–Crippen LogP) is 1.03. The first-order valence-electron chi connectivity index (χ1n) is 6.69. The summed E-state index contributed by atoms with van der Waals surface area (Å²) in [5.41, 5.74) is 5.17. The fraction of sp³-hybridized carbons (Fsp3) is 0.923. The van der Waals surface area contributed by atoms with Crippen molar-refractivity contribution in [1.82, 2.24) is 9.80 Å². The summed E-state index contributed by atoms with van der Waals surface area (Å²) in [5, 5.41) is 8.88. The van der Waals surface area contributed by atoms with Gasteiger partial charge in [-0.25, -0.2) is 0 Å². The van der Waals surface area contributed by atoms with Crippen molar-refractivity contribution in [1.29, 1.82) is 5.26 Å². The lowest BCUT2D eigenvalue weighted by Crippen LogP contribution is -2.40. The van der Waals surface area contributed by atoms with Crippen LogP contribution < -0.4 is 5.73 Å². The fourth-order valence-corrected chi connectivity index (χ4v) is 2.50. The zero-order valence-electron chi connectivity index (χ0n) is 11.4. The van der Waals surface area contributed by atoms with Crippen molar-refractivity contribution in [3.63, 3.8) is 0 Å². The van der Waals surface area contributed by atoms with E-state index < -0.39 is 5.54 Å². The first kappa shape index (κ1) is 14.4. The summed E-state index contributed by atoms with van der Waals surface area (Å²) >= 11 is 0. The van der Waals surface area contributed by atoms with Crippen molar-refractivity contribution in [2.75, 3.05) is 32.7 Å². The molecular weight excluding hydrogens is 212 g/mol. The lowest BCUT2D eigenvalue weighted by Gasteiger charge is -2.26. The fourth-order valence-electron chi connectivity index (χ4n) is 2.50. The average molecular weight is 238 g/mol. The molecule has 2 unspecified atom stereocenters. The molecule has 0 amide bonds. The standard InChI is InChI=1S/C13H26N4/c1-4-17(5-2)12-6-8-16(10-12)9-7-13(3,15)11-14/h12H,4-10,15H2,1-3H3. The molecule has 17 heavy (non-hydrogen) atoms. The van der Waals surface area contributed by atoms with Crippen molar-refractivity contribution in [3.8, 4) is 6.07 Å². The molecular formula is C13H26N4. The molecule has 1 saturated heterocycles. The van der Waals surface area contributed by atoms with Crippen molar-refractivity contribution < 1.29 is 0 Å². The molecule has 2 atom stereocenters. The van der Waals surface area contributed by atoms with Crippen LogP contribution >= 0.6 is 0 Å². The lowest BCUT2D eigenvalue weighted by molar-refractivity contribution is 0.208. The number of nitrogens with two attached hydrogens (primary N) is 1. The first-order valence-corrected chi connectivity index (χ1v) is 6.69. The monoisotopic (exact) mass is 238 g/mol. The van der Waals surface area contributed by atoms with Gasteiger partial charge in [-0.05, 0) is 39.4 Å². The third-order valence-electron chi connectivity index (χ3n) is 3.78. The summed E-state index contributed by atoms with van der Waals surface area (Å²) in [7, 11) is 0. The Balaban J connectivity index is 2.34. The Bertz CT molecular complexity index is 265. The van der Waals surface area contributed by atoms with E-state index in [2.05, 4.69) is 29.7 Å². The number of likely N-dealkylation sites (tertiary alicyclic amines) is 1. The number of hydrogen-bond donors (Lipinski definition) is 1. The quantitative estimate of drug-likeness (QED) is 0.751. The van der Waals surface area contributed by atoms with E-state index in [1.54, 1.807) is 0 Å². The minimum absolute atomic E-state index is 0.673. The van der Waals surface area contributed by atoms with Gasteiger partial charge in [0.25, 0.3) is 0 Å². The van der Waals surface area contributed by atoms with Gasteiger partial charge in [0.15, 0.2) is 0 Å². The Morgan fingerprint density at radius 3 is 2.65 bits per heavy atom. The second-order valence-electron chi connectivity index (χ2n) is 5.24. The van der Waals surface area contributed by atoms with Gasteiger partial charge in [-0.15, -0.1) is 0 Å². The molecule has 1 rings (SSSR count). The third kappa shape index (κ3) is 4.27. The summed E-state index contributed by atoms with van der Waals surface area (Å²) in [6, 6.07) is 2.85. The van der Waals surface area contributed by atoms with Gasteiger partial charge >= 0.3 is 0 Å². The van der Waals surface area contributed by atoms with E-state index in [-0.39, 0.29) is 0 Å². The largest absolute Gasteiger partial charge is 0.314 e. The minimum atomic E-state index is -0.673. The van der Waals surface area contributed by atoms with Gasteiger partial charge in [0, 0.05) is 19.1 Å². The summed E-state index contributed by atoms with van der Waals surface area (Å²) in [6.07, 6.45) is 2.00. The minimum Gasteiger partial charge on any atom is -0.314 e. The van der Waals surface area contributed by atoms with Gasteiger partial charge in [0.05, 0.1) is 6.07 Å². The Morgan fingerprint density at radius 1 is 1.47 bits per heavy atom. The molecule has 0 spiro atoms. The Hall–Kier alpha value is -0.630. The molecule has 4 heteroatoms. The van der Waals surface area contributed by atoms with E-state index in [1.807, 2.05) is 6.92 Å². The van der Waals surface area contributed by atoms with Gasteiger partial charge in [-0.1, -0.05) is 13.8 Å². The second kappa shape index (κ2) is 6.34. The summed E-state index contributed by atoms with van der Waals surface area (Å²) in [4.78, 5) is 4.96. The molecule has 2 N–H and O–H groups in total. The molecule has 0 saturated carbocycles. The number of rotatable bonds is 6. The summed E-state index contributed by atoms with van der Waals surface area (Å²) in [5.74, 6) is 0. The van der Waals surface area contributed by atoms with Crippen LogP contribution in [-0.4, -0.2) is 54.1 Å². The Kier molecular flexibility index (Phi) is 5.38. The Morgan fingerprint density at radius 2 is 2.12 bits per heavy atom. The van der Waals surface area contributed by atoms with Crippen LogP contribution in [0.2, 0.25) is 0 Å². The predicted molar refractivity (Wildman–Crippen MR) is 70.6 cm³/mol. The van der Waals surface area contributed by atoms with Crippen molar-refractivity contribution in [2.45, 2.75) is 45.2 Å². The van der Waals surface area contributed by atoms with Crippen LogP contribution in [0.25, 0.3) is 0 Å². The highest BCUT2D eigenvalue weighted by molar-refractivity contribution is 5.01. The van der Waals surface area contributed by atoms with Gasteiger partial charge in [-0.2, -0.15) is 5.26 Å². The number of nitrogens with zero attached hydrogens (tertiary/aromatic N) is 3. The normalized spacial score (nSPS) is 24.8. The van der Waals surface area contributed by atoms with Gasteiger partial charge in [0.1, 0.15) is 5.54 Å². The molecule has 98 valence electrons. The summed E-state index contributed by atoms with van der Waals surface area (Å²) < 4.78 is 0. The third-order valence-corrected chi connectivity index (χ3v) is 3.78. The average Bonchev–Trinajstić information content (AvgIpc) is 2.77. The molecule has 1 aliphatic heterocycles.